The number of ether oxygens (including phenoxy) is 1. The first-order valence-corrected chi connectivity index (χ1v) is 8.35. The van der Waals surface area contributed by atoms with Gasteiger partial charge in [0.15, 0.2) is 6.61 Å². The molecule has 0 unspecified atom stereocenters. The molecule has 1 aromatic rings. The Labute approximate surface area is 126 Å². The summed E-state index contributed by atoms with van der Waals surface area (Å²) >= 11 is 3.55. The van der Waals surface area contributed by atoms with Crippen LogP contribution in [0.3, 0.4) is 0 Å². The quantitative estimate of drug-likeness (QED) is 0.899. The molecule has 110 valence electrons. The number of carbonyl (C=O) groups is 1. The maximum absolute atomic E-state index is 14.4. The van der Waals surface area contributed by atoms with Crippen LogP contribution in [0.25, 0.3) is 0 Å². The molecule has 3 nitrogen and oxygen atoms in total. The highest BCUT2D eigenvalue weighted by Gasteiger charge is 2.42. The molecule has 0 atom stereocenters. The van der Waals surface area contributed by atoms with E-state index in [-0.39, 0.29) is 15.6 Å². The molecule has 20 heavy (non-hydrogen) atoms. The van der Waals surface area contributed by atoms with Crippen LogP contribution in [0.15, 0.2) is 18.2 Å². The fourth-order valence-corrected chi connectivity index (χ4v) is 5.66. The number of carboxylic acids is 1. The minimum atomic E-state index is -1.07. The zero-order chi connectivity index (χ0) is 14.8. The predicted molar refractivity (Wildman–Crippen MR) is 81.0 cm³/mol. The first-order valence-electron chi connectivity index (χ1n) is 6.38. The highest BCUT2D eigenvalue weighted by atomic mass is 32.2. The summed E-state index contributed by atoms with van der Waals surface area (Å²) in [6.45, 7) is 3.73. The summed E-state index contributed by atoms with van der Waals surface area (Å²) in [6.07, 6.45) is 0. The van der Waals surface area contributed by atoms with Crippen molar-refractivity contribution in [2.45, 2.75) is 17.9 Å². The van der Waals surface area contributed by atoms with Crippen molar-refractivity contribution in [2.75, 3.05) is 18.1 Å². The van der Waals surface area contributed by atoms with Gasteiger partial charge >= 0.3 is 5.97 Å². The third-order valence-corrected chi connectivity index (χ3v) is 7.18. The lowest BCUT2D eigenvalue weighted by atomic mass is 10.0. The lowest BCUT2D eigenvalue weighted by Gasteiger charge is -2.32. The number of carboxylic acid groups (broad SMARTS) is 1. The van der Waals surface area contributed by atoms with Gasteiger partial charge in [0, 0.05) is 23.1 Å². The van der Waals surface area contributed by atoms with Crippen LogP contribution in [0.2, 0.25) is 0 Å². The molecule has 1 fully saturated rings. The predicted octanol–water partition coefficient (Wildman–Crippen LogP) is 3.58. The van der Waals surface area contributed by atoms with Gasteiger partial charge in [-0.05, 0) is 12.0 Å². The summed E-state index contributed by atoms with van der Waals surface area (Å²) in [4.78, 5) is 10.4. The summed E-state index contributed by atoms with van der Waals surface area (Å²) < 4.78 is 19.1. The number of halogens is 1. The van der Waals surface area contributed by atoms with Crippen LogP contribution in [0.1, 0.15) is 19.4 Å². The third-order valence-electron chi connectivity index (χ3n) is 3.15. The number of hydrogen-bond acceptors (Lipinski definition) is 4. The molecular weight excluding hydrogens is 299 g/mol. The zero-order valence-electron chi connectivity index (χ0n) is 11.4. The number of hydrogen-bond donors (Lipinski definition) is 1. The minimum absolute atomic E-state index is 0.251. The van der Waals surface area contributed by atoms with E-state index >= 15 is 0 Å². The molecule has 1 N–H and O–H groups in total. The Balaban J connectivity index is 2.26. The van der Waals surface area contributed by atoms with E-state index < -0.39 is 12.6 Å². The van der Waals surface area contributed by atoms with Gasteiger partial charge in [0.05, 0.1) is 4.08 Å². The average molecular weight is 316 g/mol. The van der Waals surface area contributed by atoms with Gasteiger partial charge in [-0.1, -0.05) is 19.9 Å². The average Bonchev–Trinajstić information content (AvgIpc) is 2.87. The molecular formula is C14H17FO3S2. The number of aliphatic carboxylic acids is 1. The van der Waals surface area contributed by atoms with Crippen molar-refractivity contribution in [3.8, 4) is 5.75 Å². The molecule has 1 aliphatic heterocycles. The molecule has 0 aromatic heterocycles. The molecule has 1 aromatic carbocycles. The van der Waals surface area contributed by atoms with E-state index in [9.17, 15) is 9.18 Å². The van der Waals surface area contributed by atoms with Gasteiger partial charge in [0.2, 0.25) is 0 Å². The van der Waals surface area contributed by atoms with Crippen LogP contribution < -0.4 is 4.74 Å². The minimum Gasteiger partial charge on any atom is -0.482 e. The Hall–Kier alpha value is -0.880. The maximum atomic E-state index is 14.4. The fraction of sp³-hybridized carbons (Fsp3) is 0.500. The van der Waals surface area contributed by atoms with E-state index in [0.29, 0.717) is 11.5 Å². The van der Waals surface area contributed by atoms with E-state index in [4.69, 9.17) is 9.84 Å². The Morgan fingerprint density at radius 1 is 1.45 bits per heavy atom. The van der Waals surface area contributed by atoms with Gasteiger partial charge in [0.25, 0.3) is 0 Å². The molecule has 1 heterocycles. The van der Waals surface area contributed by atoms with E-state index in [2.05, 4.69) is 13.8 Å². The lowest BCUT2D eigenvalue weighted by molar-refractivity contribution is -0.139. The summed E-state index contributed by atoms with van der Waals surface area (Å²) in [5.74, 6) is 1.18. The topological polar surface area (TPSA) is 46.5 Å². The van der Waals surface area contributed by atoms with E-state index in [1.807, 2.05) is 0 Å². The summed E-state index contributed by atoms with van der Waals surface area (Å²) in [6, 6.07) is 4.64. The maximum Gasteiger partial charge on any atom is 0.341 e. The first kappa shape index (κ1) is 15.5. The summed E-state index contributed by atoms with van der Waals surface area (Å²) in [5.41, 5.74) is 0.669. The van der Waals surface area contributed by atoms with Crippen LogP contribution >= 0.6 is 23.5 Å². The van der Waals surface area contributed by atoms with Crippen molar-refractivity contribution < 1.29 is 19.0 Å². The Kier molecular flexibility index (Phi) is 4.86. The second-order valence-electron chi connectivity index (χ2n) is 4.84. The normalized spacial score (nSPS) is 17.4. The van der Waals surface area contributed by atoms with Crippen molar-refractivity contribution >= 4 is 29.5 Å². The van der Waals surface area contributed by atoms with Gasteiger partial charge in [0.1, 0.15) is 11.6 Å². The number of benzene rings is 1. The fourth-order valence-electron chi connectivity index (χ4n) is 2.24. The molecule has 0 bridgehead atoms. The van der Waals surface area contributed by atoms with Crippen molar-refractivity contribution in [2.24, 2.45) is 5.92 Å². The SMILES string of the molecule is CC(C)C1(c2ccc(OCC(=O)O)cc2F)SCCS1. The smallest absolute Gasteiger partial charge is 0.341 e. The molecule has 1 saturated heterocycles. The Morgan fingerprint density at radius 3 is 2.60 bits per heavy atom. The van der Waals surface area contributed by atoms with Crippen LogP contribution in [0.4, 0.5) is 4.39 Å². The molecule has 2 rings (SSSR count). The molecule has 0 amide bonds. The van der Waals surface area contributed by atoms with E-state index in [0.717, 1.165) is 11.5 Å². The highest BCUT2D eigenvalue weighted by molar-refractivity contribution is 8.20. The summed E-state index contributed by atoms with van der Waals surface area (Å²) in [7, 11) is 0. The molecule has 0 radical (unpaired) electrons. The van der Waals surface area contributed by atoms with Crippen LogP contribution in [-0.2, 0) is 8.87 Å². The first-order chi connectivity index (χ1) is 9.45. The Morgan fingerprint density at radius 2 is 2.10 bits per heavy atom. The lowest BCUT2D eigenvalue weighted by Crippen LogP contribution is -2.23. The van der Waals surface area contributed by atoms with Crippen LogP contribution in [-0.4, -0.2) is 29.2 Å². The second-order valence-corrected chi connectivity index (χ2v) is 7.78. The van der Waals surface area contributed by atoms with E-state index in [1.54, 1.807) is 35.7 Å². The van der Waals surface area contributed by atoms with Gasteiger partial charge in [-0.25, -0.2) is 9.18 Å². The number of rotatable bonds is 5. The third kappa shape index (κ3) is 3.06. The standard InChI is InChI=1S/C14H17FO3S2/c1-9(2)14(19-5-6-20-14)11-4-3-10(7-12(11)15)18-8-13(16)17/h3-4,7,9H,5-6,8H2,1-2H3,(H,16,17). The second kappa shape index (κ2) is 6.26. The van der Waals surface area contributed by atoms with Gasteiger partial charge in [-0.15, -0.1) is 23.5 Å². The van der Waals surface area contributed by atoms with Crippen molar-refractivity contribution in [3.05, 3.63) is 29.6 Å². The molecule has 0 aliphatic carbocycles. The van der Waals surface area contributed by atoms with Crippen molar-refractivity contribution in [3.63, 3.8) is 0 Å². The Bertz CT molecular complexity index is 499. The molecule has 0 saturated carbocycles. The van der Waals surface area contributed by atoms with Crippen molar-refractivity contribution in [1.29, 1.82) is 0 Å². The van der Waals surface area contributed by atoms with Gasteiger partial charge in [-0.2, -0.15) is 0 Å². The summed E-state index contributed by atoms with van der Waals surface area (Å²) in [5, 5.41) is 8.56. The van der Waals surface area contributed by atoms with Gasteiger partial charge < -0.3 is 9.84 Å². The monoisotopic (exact) mass is 316 g/mol. The highest BCUT2D eigenvalue weighted by Crippen LogP contribution is 2.57. The largest absolute Gasteiger partial charge is 0.482 e. The van der Waals surface area contributed by atoms with Crippen LogP contribution in [0.5, 0.6) is 5.75 Å². The van der Waals surface area contributed by atoms with Crippen molar-refractivity contribution in [1.82, 2.24) is 0 Å². The number of thioether (sulfide) groups is 2. The molecule has 0 spiro atoms. The van der Waals surface area contributed by atoms with Gasteiger partial charge in [-0.3, -0.25) is 0 Å². The molecule has 6 heteroatoms. The zero-order valence-corrected chi connectivity index (χ0v) is 13.0. The molecule has 1 aliphatic rings. The van der Waals surface area contributed by atoms with Crippen LogP contribution in [0, 0.1) is 11.7 Å². The van der Waals surface area contributed by atoms with E-state index in [1.165, 1.54) is 6.07 Å².